The van der Waals surface area contributed by atoms with E-state index in [1.165, 1.54) is 43.9 Å². The first-order chi connectivity index (χ1) is 9.24. The molecular formula is C16H19FO2. The SMILES string of the molecule is O=C1CC(C2CCCCCC2)Oc2cc(F)ccc21. The van der Waals surface area contributed by atoms with Crippen LogP contribution >= 0.6 is 0 Å². The van der Waals surface area contributed by atoms with Crippen molar-refractivity contribution in [1.29, 1.82) is 0 Å². The molecule has 1 atom stereocenters. The summed E-state index contributed by atoms with van der Waals surface area (Å²) in [6.45, 7) is 0. The molecule has 1 aromatic carbocycles. The number of ketones is 1. The summed E-state index contributed by atoms with van der Waals surface area (Å²) in [6.07, 6.45) is 7.64. The molecule has 0 bridgehead atoms. The van der Waals surface area contributed by atoms with Gasteiger partial charge in [0.1, 0.15) is 17.7 Å². The molecule has 102 valence electrons. The number of fused-ring (bicyclic) bond motifs is 1. The summed E-state index contributed by atoms with van der Waals surface area (Å²) in [5, 5.41) is 0. The molecule has 1 aliphatic heterocycles. The minimum absolute atomic E-state index is 0.0556. The Balaban J connectivity index is 1.81. The third kappa shape index (κ3) is 2.65. The second-order valence-corrected chi connectivity index (χ2v) is 5.68. The zero-order valence-electron chi connectivity index (χ0n) is 11.0. The van der Waals surface area contributed by atoms with E-state index in [2.05, 4.69) is 0 Å². The van der Waals surface area contributed by atoms with Crippen LogP contribution in [0.2, 0.25) is 0 Å². The first-order valence-electron chi connectivity index (χ1n) is 7.23. The van der Waals surface area contributed by atoms with E-state index in [1.54, 1.807) is 0 Å². The molecule has 1 saturated carbocycles. The Morgan fingerprint density at radius 2 is 1.84 bits per heavy atom. The summed E-state index contributed by atoms with van der Waals surface area (Å²) in [6, 6.07) is 4.21. The van der Waals surface area contributed by atoms with Gasteiger partial charge in [-0.2, -0.15) is 0 Å². The molecule has 3 rings (SSSR count). The highest BCUT2D eigenvalue weighted by atomic mass is 19.1. The first-order valence-corrected chi connectivity index (χ1v) is 7.23. The van der Waals surface area contributed by atoms with Gasteiger partial charge in [0.25, 0.3) is 0 Å². The number of halogens is 1. The molecule has 0 radical (unpaired) electrons. The lowest BCUT2D eigenvalue weighted by molar-refractivity contribution is 0.0701. The molecule has 1 aliphatic carbocycles. The summed E-state index contributed by atoms with van der Waals surface area (Å²) in [7, 11) is 0. The predicted molar refractivity (Wildman–Crippen MR) is 71.0 cm³/mol. The van der Waals surface area contributed by atoms with E-state index >= 15 is 0 Å². The molecule has 3 heteroatoms. The standard InChI is InChI=1S/C16H19FO2/c17-12-7-8-13-14(18)10-15(19-16(13)9-12)11-5-3-1-2-4-6-11/h7-9,11,15H,1-6,10H2. The van der Waals surface area contributed by atoms with Crippen molar-refractivity contribution in [3.63, 3.8) is 0 Å². The fraction of sp³-hybridized carbons (Fsp3) is 0.562. The van der Waals surface area contributed by atoms with Crippen LogP contribution in [0, 0.1) is 11.7 Å². The number of carbonyl (C=O) groups excluding carboxylic acids is 1. The zero-order chi connectivity index (χ0) is 13.2. The van der Waals surface area contributed by atoms with Crippen LogP contribution in [0.3, 0.4) is 0 Å². The average molecular weight is 262 g/mol. The molecule has 0 saturated heterocycles. The molecule has 19 heavy (non-hydrogen) atoms. The van der Waals surface area contributed by atoms with Gasteiger partial charge in [-0.05, 0) is 30.9 Å². The molecule has 2 aliphatic rings. The number of rotatable bonds is 1. The van der Waals surface area contributed by atoms with Crippen molar-refractivity contribution < 1.29 is 13.9 Å². The monoisotopic (exact) mass is 262 g/mol. The number of hydrogen-bond acceptors (Lipinski definition) is 2. The Labute approximate surface area is 113 Å². The van der Waals surface area contributed by atoms with Gasteiger partial charge in [0.15, 0.2) is 5.78 Å². The molecule has 0 aromatic heterocycles. The van der Waals surface area contributed by atoms with Crippen LogP contribution < -0.4 is 4.74 Å². The smallest absolute Gasteiger partial charge is 0.170 e. The van der Waals surface area contributed by atoms with Gasteiger partial charge >= 0.3 is 0 Å². The van der Waals surface area contributed by atoms with Gasteiger partial charge in [-0.1, -0.05) is 25.7 Å². The Morgan fingerprint density at radius 1 is 1.11 bits per heavy atom. The highest BCUT2D eigenvalue weighted by Crippen LogP contribution is 2.35. The normalized spacial score (nSPS) is 24.5. The molecule has 0 amide bonds. The summed E-state index contributed by atoms with van der Waals surface area (Å²) in [5.41, 5.74) is 0.534. The van der Waals surface area contributed by atoms with E-state index < -0.39 is 0 Å². The lowest BCUT2D eigenvalue weighted by Crippen LogP contribution is -2.33. The van der Waals surface area contributed by atoms with Crippen LogP contribution in [0.4, 0.5) is 4.39 Å². The molecule has 1 unspecified atom stereocenters. The van der Waals surface area contributed by atoms with Gasteiger partial charge in [-0.3, -0.25) is 4.79 Å². The van der Waals surface area contributed by atoms with Crippen LogP contribution in [0.1, 0.15) is 55.3 Å². The topological polar surface area (TPSA) is 26.3 Å². The van der Waals surface area contributed by atoms with E-state index in [4.69, 9.17) is 4.74 Å². The minimum atomic E-state index is -0.340. The second-order valence-electron chi connectivity index (χ2n) is 5.68. The van der Waals surface area contributed by atoms with E-state index in [-0.39, 0.29) is 17.7 Å². The van der Waals surface area contributed by atoms with E-state index in [9.17, 15) is 9.18 Å². The van der Waals surface area contributed by atoms with Crippen molar-refractivity contribution in [3.05, 3.63) is 29.6 Å². The van der Waals surface area contributed by atoms with Crippen molar-refractivity contribution in [2.45, 2.75) is 51.0 Å². The molecule has 1 aromatic rings. The number of Topliss-reactive ketones (excluding diaryl/α,β-unsaturated/α-hetero) is 1. The molecule has 0 spiro atoms. The zero-order valence-corrected chi connectivity index (χ0v) is 11.0. The maximum Gasteiger partial charge on any atom is 0.170 e. The highest BCUT2D eigenvalue weighted by molar-refractivity contribution is 5.99. The Hall–Kier alpha value is -1.38. The van der Waals surface area contributed by atoms with Crippen LogP contribution in [0.5, 0.6) is 5.75 Å². The van der Waals surface area contributed by atoms with Gasteiger partial charge in [0.05, 0.1) is 5.56 Å². The fourth-order valence-electron chi connectivity index (χ4n) is 3.27. The molecule has 1 heterocycles. The molecular weight excluding hydrogens is 243 g/mol. The second kappa shape index (κ2) is 5.32. The minimum Gasteiger partial charge on any atom is -0.489 e. The summed E-state index contributed by atoms with van der Waals surface area (Å²) in [5.74, 6) is 0.636. The third-order valence-corrected chi connectivity index (χ3v) is 4.33. The third-order valence-electron chi connectivity index (χ3n) is 4.33. The lowest BCUT2D eigenvalue weighted by Gasteiger charge is -2.31. The van der Waals surface area contributed by atoms with Crippen molar-refractivity contribution in [2.75, 3.05) is 0 Å². The van der Waals surface area contributed by atoms with Gasteiger partial charge in [-0.25, -0.2) is 4.39 Å². The van der Waals surface area contributed by atoms with Crippen molar-refractivity contribution in [1.82, 2.24) is 0 Å². The van der Waals surface area contributed by atoms with Crippen molar-refractivity contribution >= 4 is 5.78 Å². The quantitative estimate of drug-likeness (QED) is 0.711. The highest BCUT2D eigenvalue weighted by Gasteiger charge is 2.32. The lowest BCUT2D eigenvalue weighted by atomic mass is 9.87. The van der Waals surface area contributed by atoms with Gasteiger partial charge < -0.3 is 4.74 Å². The van der Waals surface area contributed by atoms with E-state index in [0.717, 1.165) is 12.8 Å². The molecule has 0 N–H and O–H groups in total. The first kappa shape index (κ1) is 12.6. The van der Waals surface area contributed by atoms with Crippen LogP contribution in [-0.4, -0.2) is 11.9 Å². The predicted octanol–water partition coefficient (Wildman–Crippen LogP) is 4.13. The number of carbonyl (C=O) groups is 1. The van der Waals surface area contributed by atoms with Crippen LogP contribution in [0.25, 0.3) is 0 Å². The molecule has 2 nitrogen and oxygen atoms in total. The van der Waals surface area contributed by atoms with Gasteiger partial charge in [0, 0.05) is 12.5 Å². The van der Waals surface area contributed by atoms with Crippen LogP contribution in [0.15, 0.2) is 18.2 Å². The van der Waals surface area contributed by atoms with Gasteiger partial charge in [-0.15, -0.1) is 0 Å². The average Bonchev–Trinajstić information content (AvgIpc) is 2.66. The van der Waals surface area contributed by atoms with Crippen molar-refractivity contribution in [3.8, 4) is 5.75 Å². The van der Waals surface area contributed by atoms with Crippen LogP contribution in [-0.2, 0) is 0 Å². The summed E-state index contributed by atoms with van der Waals surface area (Å²) in [4.78, 5) is 12.1. The van der Waals surface area contributed by atoms with Crippen molar-refractivity contribution in [2.24, 2.45) is 5.92 Å². The Morgan fingerprint density at radius 3 is 2.58 bits per heavy atom. The van der Waals surface area contributed by atoms with E-state index in [1.807, 2.05) is 0 Å². The fourth-order valence-corrected chi connectivity index (χ4v) is 3.27. The number of benzene rings is 1. The number of ether oxygens (including phenoxy) is 1. The Bertz CT molecular complexity index is 476. The maximum absolute atomic E-state index is 13.3. The summed E-state index contributed by atoms with van der Waals surface area (Å²) >= 11 is 0. The van der Waals surface area contributed by atoms with E-state index in [0.29, 0.717) is 23.7 Å². The number of hydrogen-bond donors (Lipinski definition) is 0. The summed E-state index contributed by atoms with van der Waals surface area (Å²) < 4.78 is 19.2. The maximum atomic E-state index is 13.3. The Kier molecular flexibility index (Phi) is 3.54. The largest absolute Gasteiger partial charge is 0.489 e. The molecule has 1 fully saturated rings. The van der Waals surface area contributed by atoms with Gasteiger partial charge in [0.2, 0.25) is 0 Å².